The topological polar surface area (TPSA) is 88.2 Å². The first kappa shape index (κ1) is 22.5. The van der Waals surface area contributed by atoms with E-state index in [1.807, 2.05) is 13.8 Å². The number of hydrogen-bond donors (Lipinski definition) is 3. The van der Waals surface area contributed by atoms with Gasteiger partial charge in [0.1, 0.15) is 23.4 Å². The van der Waals surface area contributed by atoms with Crippen molar-refractivity contribution in [3.63, 3.8) is 0 Å². The van der Waals surface area contributed by atoms with Crippen LogP contribution in [0.2, 0.25) is 0 Å². The second-order valence-corrected chi connectivity index (χ2v) is 6.10. The van der Waals surface area contributed by atoms with E-state index in [4.69, 9.17) is 9.15 Å². The number of ether oxygens (including phenoxy) is 2. The average molecular weight is 411 g/mol. The van der Waals surface area contributed by atoms with E-state index in [1.165, 1.54) is 12.3 Å². The van der Waals surface area contributed by atoms with Gasteiger partial charge in [0.15, 0.2) is 5.96 Å². The molecule has 1 atom stereocenters. The van der Waals surface area contributed by atoms with E-state index < -0.39 is 12.7 Å². The van der Waals surface area contributed by atoms with Gasteiger partial charge >= 0.3 is 6.61 Å². The molecule has 0 amide bonds. The fourth-order valence-corrected chi connectivity index (χ4v) is 2.46. The Bertz CT molecular complexity index is 754. The number of alkyl halides is 2. The summed E-state index contributed by atoms with van der Waals surface area (Å²) < 4.78 is 40.8. The predicted octanol–water partition coefficient (Wildman–Crippen LogP) is 3.46. The first-order valence-electron chi connectivity index (χ1n) is 9.47. The van der Waals surface area contributed by atoms with Gasteiger partial charge in [0, 0.05) is 18.2 Å². The Balaban J connectivity index is 2.07. The van der Waals surface area contributed by atoms with Crippen molar-refractivity contribution >= 4 is 5.96 Å². The van der Waals surface area contributed by atoms with Gasteiger partial charge in [0.05, 0.1) is 26.0 Å². The molecule has 0 spiro atoms. The van der Waals surface area contributed by atoms with Gasteiger partial charge in [-0.1, -0.05) is 6.92 Å². The summed E-state index contributed by atoms with van der Waals surface area (Å²) in [5.74, 6) is 1.33. The highest BCUT2D eigenvalue weighted by Crippen LogP contribution is 2.27. The molecule has 1 aromatic carbocycles. The molecule has 9 heteroatoms. The molecule has 1 unspecified atom stereocenters. The van der Waals surface area contributed by atoms with Crippen LogP contribution in [0.5, 0.6) is 11.5 Å². The molecule has 7 nitrogen and oxygen atoms in total. The maximum atomic E-state index is 12.8. The number of aliphatic imine (C=N–C) groups is 1. The van der Waals surface area contributed by atoms with Crippen molar-refractivity contribution in [1.82, 2.24) is 10.6 Å². The van der Waals surface area contributed by atoms with E-state index in [0.29, 0.717) is 36.2 Å². The molecule has 2 aromatic rings. The van der Waals surface area contributed by atoms with Crippen molar-refractivity contribution < 1.29 is 27.8 Å². The summed E-state index contributed by atoms with van der Waals surface area (Å²) in [5, 5.41) is 16.1. The fourth-order valence-electron chi connectivity index (χ4n) is 2.46. The number of hydrogen-bond acceptors (Lipinski definition) is 5. The molecular weight excluding hydrogens is 384 g/mol. The Labute approximate surface area is 168 Å². The van der Waals surface area contributed by atoms with E-state index in [-0.39, 0.29) is 18.8 Å². The number of furan rings is 1. The van der Waals surface area contributed by atoms with E-state index in [1.54, 1.807) is 24.3 Å². The molecule has 0 aliphatic heterocycles. The van der Waals surface area contributed by atoms with Crippen molar-refractivity contribution in [3.05, 3.63) is 47.9 Å². The molecule has 0 saturated carbocycles. The highest BCUT2D eigenvalue weighted by molar-refractivity contribution is 5.79. The minimum absolute atomic E-state index is 0.0174. The zero-order valence-electron chi connectivity index (χ0n) is 16.5. The third kappa shape index (κ3) is 7.61. The third-order valence-corrected chi connectivity index (χ3v) is 3.81. The molecule has 0 aliphatic rings. The lowest BCUT2D eigenvalue weighted by atomic mass is 10.2. The van der Waals surface area contributed by atoms with Gasteiger partial charge in [-0.3, -0.25) is 0 Å². The zero-order chi connectivity index (χ0) is 21.1. The van der Waals surface area contributed by atoms with Crippen LogP contribution in [0.4, 0.5) is 8.78 Å². The summed E-state index contributed by atoms with van der Waals surface area (Å²) in [7, 11) is 0. The first-order valence-corrected chi connectivity index (χ1v) is 9.47. The molecule has 3 N–H and O–H groups in total. The van der Waals surface area contributed by atoms with Gasteiger partial charge < -0.3 is 29.6 Å². The van der Waals surface area contributed by atoms with Gasteiger partial charge in [-0.2, -0.15) is 8.78 Å². The Hall–Kier alpha value is -2.81. The summed E-state index contributed by atoms with van der Waals surface area (Å²) in [4.78, 5) is 4.38. The number of nitrogens with one attached hydrogen (secondary N) is 2. The quantitative estimate of drug-likeness (QED) is 0.388. The Morgan fingerprint density at radius 2 is 2.07 bits per heavy atom. The summed E-state index contributed by atoms with van der Waals surface area (Å²) in [6.45, 7) is 2.24. The summed E-state index contributed by atoms with van der Waals surface area (Å²) in [6, 6.07) is 8.14. The van der Waals surface area contributed by atoms with E-state index in [2.05, 4.69) is 20.4 Å². The van der Waals surface area contributed by atoms with Gasteiger partial charge in [0.25, 0.3) is 0 Å². The molecule has 1 aromatic heterocycles. The molecule has 1 heterocycles. The third-order valence-electron chi connectivity index (χ3n) is 3.81. The lowest BCUT2D eigenvalue weighted by molar-refractivity contribution is -0.0505. The molecule has 0 saturated heterocycles. The van der Waals surface area contributed by atoms with Gasteiger partial charge in [-0.15, -0.1) is 0 Å². The van der Waals surface area contributed by atoms with Crippen molar-refractivity contribution in [2.24, 2.45) is 4.99 Å². The molecule has 2 rings (SSSR count). The van der Waals surface area contributed by atoms with Crippen LogP contribution in [0, 0.1) is 0 Å². The number of nitrogens with zero attached hydrogens (tertiary/aromatic N) is 1. The van der Waals surface area contributed by atoms with Gasteiger partial charge in [-0.25, -0.2) is 4.99 Å². The smallest absolute Gasteiger partial charge is 0.387 e. The van der Waals surface area contributed by atoms with E-state index in [0.717, 1.165) is 6.42 Å². The molecule has 0 bridgehead atoms. The number of halogens is 2. The minimum atomic E-state index is -2.95. The molecule has 29 heavy (non-hydrogen) atoms. The van der Waals surface area contributed by atoms with Crippen LogP contribution in [0.3, 0.4) is 0 Å². The van der Waals surface area contributed by atoms with Crippen LogP contribution in [0.15, 0.2) is 46.0 Å². The Morgan fingerprint density at radius 3 is 2.72 bits per heavy atom. The lowest BCUT2D eigenvalue weighted by Gasteiger charge is -2.15. The Morgan fingerprint density at radius 1 is 1.24 bits per heavy atom. The SMILES string of the molecule is CCCOc1ccc(CN=C(NCC)NCC(O)c2ccco2)c(OC(F)F)c1. The van der Waals surface area contributed by atoms with E-state index in [9.17, 15) is 13.9 Å². The number of rotatable bonds is 11. The number of aliphatic hydroxyl groups is 1. The summed E-state index contributed by atoms with van der Waals surface area (Å²) in [5.41, 5.74) is 0.484. The van der Waals surface area contributed by atoms with Crippen molar-refractivity contribution in [3.8, 4) is 11.5 Å². The Kier molecular flexibility index (Phi) is 9.23. The largest absolute Gasteiger partial charge is 0.493 e. The average Bonchev–Trinajstić information content (AvgIpc) is 3.23. The highest BCUT2D eigenvalue weighted by atomic mass is 19.3. The monoisotopic (exact) mass is 411 g/mol. The summed E-state index contributed by atoms with van der Waals surface area (Å²) in [6.07, 6.45) is 1.44. The van der Waals surface area contributed by atoms with Crippen molar-refractivity contribution in [2.75, 3.05) is 19.7 Å². The first-order chi connectivity index (χ1) is 14.0. The standard InChI is InChI=1S/C20H27F2N3O4/c1-3-9-27-15-8-7-14(18(11-15)29-19(21)22)12-24-20(23-4-2)25-13-16(26)17-6-5-10-28-17/h5-8,10-11,16,19,26H,3-4,9,12-13H2,1-2H3,(H2,23,24,25). The van der Waals surface area contributed by atoms with Crippen molar-refractivity contribution in [2.45, 2.75) is 39.5 Å². The van der Waals surface area contributed by atoms with Crippen LogP contribution in [0.1, 0.15) is 37.7 Å². The molecule has 0 radical (unpaired) electrons. The van der Waals surface area contributed by atoms with Crippen LogP contribution < -0.4 is 20.1 Å². The molecule has 0 fully saturated rings. The number of benzene rings is 1. The predicted molar refractivity (Wildman–Crippen MR) is 105 cm³/mol. The number of aliphatic hydroxyl groups excluding tert-OH is 1. The molecule has 160 valence electrons. The fraction of sp³-hybridized carbons (Fsp3) is 0.450. The van der Waals surface area contributed by atoms with Crippen LogP contribution in [0.25, 0.3) is 0 Å². The second-order valence-electron chi connectivity index (χ2n) is 6.10. The van der Waals surface area contributed by atoms with Gasteiger partial charge in [0.2, 0.25) is 0 Å². The van der Waals surface area contributed by atoms with Crippen LogP contribution in [-0.4, -0.2) is 37.4 Å². The normalized spacial score (nSPS) is 12.7. The highest BCUT2D eigenvalue weighted by Gasteiger charge is 2.13. The minimum Gasteiger partial charge on any atom is -0.493 e. The maximum absolute atomic E-state index is 12.8. The summed E-state index contributed by atoms with van der Waals surface area (Å²) >= 11 is 0. The number of guanidine groups is 1. The lowest BCUT2D eigenvalue weighted by Crippen LogP contribution is -2.39. The van der Waals surface area contributed by atoms with Crippen LogP contribution >= 0.6 is 0 Å². The zero-order valence-corrected chi connectivity index (χ0v) is 16.5. The van der Waals surface area contributed by atoms with E-state index >= 15 is 0 Å². The maximum Gasteiger partial charge on any atom is 0.387 e. The molecule has 0 aliphatic carbocycles. The molecular formula is C20H27F2N3O4. The second kappa shape index (κ2) is 11.9. The van der Waals surface area contributed by atoms with Crippen LogP contribution in [-0.2, 0) is 6.54 Å². The van der Waals surface area contributed by atoms with Crippen molar-refractivity contribution in [1.29, 1.82) is 0 Å². The van der Waals surface area contributed by atoms with Gasteiger partial charge in [-0.05, 0) is 37.6 Å².